The van der Waals surface area contributed by atoms with Crippen molar-refractivity contribution in [3.63, 3.8) is 0 Å². The van der Waals surface area contributed by atoms with E-state index >= 15 is 0 Å². The van der Waals surface area contributed by atoms with Crippen LogP contribution in [0.3, 0.4) is 0 Å². The molecule has 0 aliphatic heterocycles. The molecular weight excluding hydrogens is 273 g/mol. The van der Waals surface area contributed by atoms with Crippen molar-refractivity contribution in [2.24, 2.45) is 5.73 Å². The van der Waals surface area contributed by atoms with Crippen LogP contribution in [-0.2, 0) is 12.7 Å². The summed E-state index contributed by atoms with van der Waals surface area (Å²) < 4.78 is 38.5. The summed E-state index contributed by atoms with van der Waals surface area (Å²) >= 11 is 1.15. The molecule has 1 aliphatic rings. The third-order valence-electron chi connectivity index (χ3n) is 3.62. The minimum Gasteiger partial charge on any atom is -0.326 e. The van der Waals surface area contributed by atoms with E-state index in [1.165, 1.54) is 19.3 Å². The SMILES string of the molecule is NCc1sc(C2CCCCCCC2)nc1C(F)(F)F. The Balaban J connectivity index is 2.21. The van der Waals surface area contributed by atoms with Gasteiger partial charge >= 0.3 is 6.18 Å². The second kappa shape index (κ2) is 6.22. The number of aromatic nitrogens is 1. The van der Waals surface area contributed by atoms with Crippen LogP contribution in [0.15, 0.2) is 0 Å². The average Bonchev–Trinajstić information content (AvgIpc) is 2.72. The number of thiazole rings is 1. The maximum Gasteiger partial charge on any atom is 0.434 e. The molecule has 0 spiro atoms. The molecule has 1 aromatic heterocycles. The zero-order valence-electron chi connectivity index (χ0n) is 10.8. The topological polar surface area (TPSA) is 38.9 Å². The molecule has 108 valence electrons. The summed E-state index contributed by atoms with van der Waals surface area (Å²) in [6, 6.07) is 0. The van der Waals surface area contributed by atoms with Crippen LogP contribution in [0.25, 0.3) is 0 Å². The second-order valence-electron chi connectivity index (χ2n) is 5.07. The molecule has 0 radical (unpaired) electrons. The molecular formula is C13H19F3N2S. The molecule has 0 aromatic carbocycles. The average molecular weight is 292 g/mol. The fourth-order valence-corrected chi connectivity index (χ4v) is 3.74. The van der Waals surface area contributed by atoms with Crippen molar-refractivity contribution in [3.8, 4) is 0 Å². The predicted molar refractivity (Wildman–Crippen MR) is 70.1 cm³/mol. The van der Waals surface area contributed by atoms with Crippen molar-refractivity contribution < 1.29 is 13.2 Å². The Morgan fingerprint density at radius 2 is 1.68 bits per heavy atom. The van der Waals surface area contributed by atoms with E-state index in [2.05, 4.69) is 4.98 Å². The van der Waals surface area contributed by atoms with Crippen molar-refractivity contribution in [3.05, 3.63) is 15.6 Å². The number of nitrogens with two attached hydrogens (primary N) is 1. The number of hydrogen-bond donors (Lipinski definition) is 1. The first kappa shape index (κ1) is 14.8. The standard InChI is InChI=1S/C13H19F3N2S/c14-13(15,16)11-10(8-17)19-12(18-11)9-6-4-2-1-3-5-7-9/h9H,1-8,17H2. The molecule has 0 atom stereocenters. The third-order valence-corrected chi connectivity index (χ3v) is 4.86. The van der Waals surface area contributed by atoms with Crippen LogP contribution in [0.2, 0.25) is 0 Å². The Kier molecular flexibility index (Phi) is 4.84. The van der Waals surface area contributed by atoms with Crippen LogP contribution < -0.4 is 5.73 Å². The van der Waals surface area contributed by atoms with Crippen molar-refractivity contribution in [1.82, 2.24) is 4.98 Å². The molecule has 2 N–H and O–H groups in total. The lowest BCUT2D eigenvalue weighted by Crippen LogP contribution is -2.11. The smallest absolute Gasteiger partial charge is 0.326 e. The van der Waals surface area contributed by atoms with Gasteiger partial charge in [-0.05, 0) is 12.8 Å². The van der Waals surface area contributed by atoms with Crippen LogP contribution in [-0.4, -0.2) is 4.98 Å². The first-order valence-electron chi connectivity index (χ1n) is 6.79. The highest BCUT2D eigenvalue weighted by molar-refractivity contribution is 7.11. The Morgan fingerprint density at radius 3 is 2.16 bits per heavy atom. The summed E-state index contributed by atoms with van der Waals surface area (Å²) in [6.45, 7) is -0.0841. The van der Waals surface area contributed by atoms with Gasteiger partial charge in [0, 0.05) is 12.5 Å². The third kappa shape index (κ3) is 3.69. The number of halogens is 3. The molecule has 6 heteroatoms. The first-order chi connectivity index (χ1) is 9.02. The maximum absolute atomic E-state index is 12.8. The zero-order chi connectivity index (χ0) is 13.9. The molecule has 2 nitrogen and oxygen atoms in total. The van der Waals surface area contributed by atoms with Gasteiger partial charge in [0.05, 0.1) is 9.88 Å². The van der Waals surface area contributed by atoms with Gasteiger partial charge in [-0.15, -0.1) is 11.3 Å². The number of nitrogens with zero attached hydrogens (tertiary/aromatic N) is 1. The normalized spacial score (nSPS) is 19.2. The van der Waals surface area contributed by atoms with Crippen LogP contribution in [0.5, 0.6) is 0 Å². The molecule has 0 amide bonds. The van der Waals surface area contributed by atoms with Gasteiger partial charge in [-0.1, -0.05) is 32.1 Å². The molecule has 1 fully saturated rings. The Hall–Kier alpha value is -0.620. The van der Waals surface area contributed by atoms with E-state index in [-0.39, 0.29) is 17.3 Å². The largest absolute Gasteiger partial charge is 0.434 e. The van der Waals surface area contributed by atoms with Crippen molar-refractivity contribution >= 4 is 11.3 Å². The summed E-state index contributed by atoms with van der Waals surface area (Å²) in [5, 5.41) is 0.634. The highest BCUT2D eigenvalue weighted by atomic mass is 32.1. The summed E-state index contributed by atoms with van der Waals surface area (Å²) in [5.41, 5.74) is 4.65. The van der Waals surface area contributed by atoms with Gasteiger partial charge in [0.25, 0.3) is 0 Å². The fourth-order valence-electron chi connectivity index (χ4n) is 2.61. The first-order valence-corrected chi connectivity index (χ1v) is 7.61. The summed E-state index contributed by atoms with van der Waals surface area (Å²) in [6.07, 6.45) is 3.30. The molecule has 1 saturated carbocycles. The molecule has 1 heterocycles. The van der Waals surface area contributed by atoms with Crippen molar-refractivity contribution in [2.45, 2.75) is 63.6 Å². The van der Waals surface area contributed by atoms with E-state index in [4.69, 9.17) is 5.73 Å². The molecule has 2 rings (SSSR count). The number of hydrogen-bond acceptors (Lipinski definition) is 3. The predicted octanol–water partition coefficient (Wildman–Crippen LogP) is 4.45. The lowest BCUT2D eigenvalue weighted by Gasteiger charge is -2.17. The Bertz CT molecular complexity index is 407. The van der Waals surface area contributed by atoms with Crippen LogP contribution in [0.4, 0.5) is 13.2 Å². The van der Waals surface area contributed by atoms with Crippen LogP contribution >= 0.6 is 11.3 Å². The van der Waals surface area contributed by atoms with E-state index in [1.807, 2.05) is 0 Å². The monoisotopic (exact) mass is 292 g/mol. The molecule has 0 unspecified atom stereocenters. The molecule has 0 bridgehead atoms. The summed E-state index contributed by atoms with van der Waals surface area (Å²) in [4.78, 5) is 4.03. The Labute approximate surface area is 115 Å². The number of rotatable bonds is 2. The molecule has 1 aliphatic carbocycles. The van der Waals surface area contributed by atoms with Gasteiger partial charge in [-0.3, -0.25) is 0 Å². The Morgan fingerprint density at radius 1 is 1.11 bits per heavy atom. The quantitative estimate of drug-likeness (QED) is 0.874. The van der Waals surface area contributed by atoms with E-state index in [0.29, 0.717) is 5.01 Å². The van der Waals surface area contributed by atoms with Crippen molar-refractivity contribution in [1.29, 1.82) is 0 Å². The van der Waals surface area contributed by atoms with Crippen LogP contribution in [0, 0.1) is 0 Å². The second-order valence-corrected chi connectivity index (χ2v) is 6.18. The van der Waals surface area contributed by atoms with E-state index in [9.17, 15) is 13.2 Å². The van der Waals surface area contributed by atoms with E-state index in [1.54, 1.807) is 0 Å². The minimum atomic E-state index is -4.38. The lowest BCUT2D eigenvalue weighted by molar-refractivity contribution is -0.141. The minimum absolute atomic E-state index is 0.0841. The summed E-state index contributed by atoms with van der Waals surface area (Å²) in [5.74, 6) is 0.187. The fraction of sp³-hybridized carbons (Fsp3) is 0.769. The summed E-state index contributed by atoms with van der Waals surface area (Å²) in [7, 11) is 0. The van der Waals surface area contributed by atoms with Gasteiger partial charge < -0.3 is 5.73 Å². The van der Waals surface area contributed by atoms with E-state index < -0.39 is 11.9 Å². The van der Waals surface area contributed by atoms with Gasteiger partial charge in [0.15, 0.2) is 5.69 Å². The van der Waals surface area contributed by atoms with Gasteiger partial charge in [0.1, 0.15) is 0 Å². The zero-order valence-corrected chi connectivity index (χ0v) is 11.6. The van der Waals surface area contributed by atoms with Gasteiger partial charge in [-0.25, -0.2) is 4.98 Å². The number of alkyl halides is 3. The highest BCUT2D eigenvalue weighted by Crippen LogP contribution is 2.39. The molecule has 0 saturated heterocycles. The lowest BCUT2D eigenvalue weighted by atomic mass is 9.92. The molecule has 1 aromatic rings. The van der Waals surface area contributed by atoms with Crippen LogP contribution in [0.1, 0.15) is 66.4 Å². The van der Waals surface area contributed by atoms with Gasteiger partial charge in [-0.2, -0.15) is 13.2 Å². The maximum atomic E-state index is 12.8. The molecule has 19 heavy (non-hydrogen) atoms. The van der Waals surface area contributed by atoms with E-state index in [0.717, 1.165) is 37.0 Å². The van der Waals surface area contributed by atoms with Crippen molar-refractivity contribution in [2.75, 3.05) is 0 Å². The highest BCUT2D eigenvalue weighted by Gasteiger charge is 2.37. The van der Waals surface area contributed by atoms with Gasteiger partial charge in [0.2, 0.25) is 0 Å².